The molecule has 3 heterocycles. The van der Waals surface area contributed by atoms with Crippen molar-refractivity contribution in [3.8, 4) is 22.6 Å². The number of halogens is 2. The summed E-state index contributed by atoms with van der Waals surface area (Å²) in [5, 5.41) is 16.7. The molecule has 0 bridgehead atoms. The summed E-state index contributed by atoms with van der Waals surface area (Å²) in [6.07, 6.45) is 5.33. The van der Waals surface area contributed by atoms with Crippen molar-refractivity contribution in [2.75, 3.05) is 12.4 Å². The van der Waals surface area contributed by atoms with Crippen LogP contribution in [-0.2, 0) is 11.8 Å². The van der Waals surface area contributed by atoms with Gasteiger partial charge in [-0.25, -0.2) is 4.68 Å². The van der Waals surface area contributed by atoms with Crippen LogP contribution in [0.15, 0.2) is 65.8 Å². The minimum Gasteiger partial charge on any atom is -0.495 e. The predicted octanol–water partition coefficient (Wildman–Crippen LogP) is 4.89. The number of carbonyl (C=O) groups is 1. The third-order valence-corrected chi connectivity index (χ3v) is 6.54. The Morgan fingerprint density at radius 2 is 1.89 bits per heavy atom. The summed E-state index contributed by atoms with van der Waals surface area (Å²) in [4.78, 5) is 26.7. The van der Waals surface area contributed by atoms with Crippen molar-refractivity contribution in [2.45, 2.75) is 19.4 Å². The van der Waals surface area contributed by atoms with E-state index in [9.17, 15) is 9.59 Å². The van der Waals surface area contributed by atoms with Crippen molar-refractivity contribution in [1.82, 2.24) is 29.3 Å². The number of anilines is 1. The lowest BCUT2D eigenvalue weighted by Gasteiger charge is -2.20. The van der Waals surface area contributed by atoms with Gasteiger partial charge in [0.1, 0.15) is 11.8 Å². The number of hydrogen-bond acceptors (Lipinski definition) is 6. The van der Waals surface area contributed by atoms with Crippen LogP contribution in [0.25, 0.3) is 27.7 Å². The fourth-order valence-electron chi connectivity index (χ4n) is 4.39. The maximum absolute atomic E-state index is 13.4. The van der Waals surface area contributed by atoms with E-state index < -0.39 is 6.04 Å². The molecule has 0 spiro atoms. The molecule has 0 saturated heterocycles. The number of ether oxygens (including phenoxy) is 1. The Morgan fingerprint density at radius 3 is 2.61 bits per heavy atom. The smallest absolute Gasteiger partial charge is 0.252 e. The lowest BCUT2D eigenvalue weighted by molar-refractivity contribution is -0.119. The van der Waals surface area contributed by atoms with Crippen LogP contribution >= 0.6 is 23.2 Å². The van der Waals surface area contributed by atoms with Gasteiger partial charge in [-0.2, -0.15) is 5.10 Å². The van der Waals surface area contributed by atoms with Crippen LogP contribution in [0.5, 0.6) is 5.75 Å². The SMILES string of the molecule is CC[C@@H](C(=O)Nc1ccc2nn(C)cc2c1)n1cc(OC)c(-c2cc(Cl)ccc2-n2cc(Cl)nn2)cc1=O. The largest absolute Gasteiger partial charge is 0.495 e. The molecule has 1 atom stereocenters. The summed E-state index contributed by atoms with van der Waals surface area (Å²) >= 11 is 12.3. The Balaban J connectivity index is 1.52. The van der Waals surface area contributed by atoms with Crippen molar-refractivity contribution in [2.24, 2.45) is 7.05 Å². The molecule has 0 unspecified atom stereocenters. The predicted molar refractivity (Wildman–Crippen MR) is 146 cm³/mol. The Morgan fingerprint density at radius 1 is 1.08 bits per heavy atom. The summed E-state index contributed by atoms with van der Waals surface area (Å²) in [6.45, 7) is 1.84. The second kappa shape index (κ2) is 10.3. The first-order valence-corrected chi connectivity index (χ1v) is 12.5. The molecule has 0 aliphatic heterocycles. The van der Waals surface area contributed by atoms with E-state index in [0.29, 0.717) is 39.7 Å². The average molecular weight is 552 g/mol. The molecule has 5 rings (SSSR count). The summed E-state index contributed by atoms with van der Waals surface area (Å²) < 4.78 is 10.2. The topological polar surface area (TPSA) is 109 Å². The summed E-state index contributed by atoms with van der Waals surface area (Å²) in [6, 6.07) is 11.2. The third kappa shape index (κ3) is 4.88. The van der Waals surface area contributed by atoms with Gasteiger partial charge in [-0.15, -0.1) is 5.10 Å². The lowest BCUT2D eigenvalue weighted by Crippen LogP contribution is -2.32. The van der Waals surface area contributed by atoms with Gasteiger partial charge >= 0.3 is 0 Å². The first kappa shape index (κ1) is 25.5. The van der Waals surface area contributed by atoms with Crippen molar-refractivity contribution in [1.29, 1.82) is 0 Å². The Kier molecular flexibility index (Phi) is 6.92. The van der Waals surface area contributed by atoms with Gasteiger partial charge in [-0.05, 0) is 42.8 Å². The van der Waals surface area contributed by atoms with Gasteiger partial charge in [0.25, 0.3) is 5.56 Å². The van der Waals surface area contributed by atoms with Crippen molar-refractivity contribution >= 4 is 45.7 Å². The molecule has 0 aliphatic rings. The highest BCUT2D eigenvalue weighted by atomic mass is 35.5. The number of fused-ring (bicyclic) bond motifs is 1. The third-order valence-electron chi connectivity index (χ3n) is 6.14. The number of carbonyl (C=O) groups excluding carboxylic acids is 1. The quantitative estimate of drug-likeness (QED) is 0.308. The summed E-state index contributed by atoms with van der Waals surface area (Å²) in [7, 11) is 3.33. The molecule has 3 aromatic heterocycles. The van der Waals surface area contributed by atoms with Crippen LogP contribution in [0.1, 0.15) is 19.4 Å². The van der Waals surface area contributed by atoms with E-state index in [1.54, 1.807) is 35.1 Å². The van der Waals surface area contributed by atoms with Crippen LogP contribution < -0.4 is 15.6 Å². The molecule has 0 fully saturated rings. The number of rotatable bonds is 7. The zero-order chi connectivity index (χ0) is 27.0. The normalized spacial score (nSPS) is 12.0. The summed E-state index contributed by atoms with van der Waals surface area (Å²) in [5.74, 6) is 0.0516. The molecule has 0 saturated carbocycles. The number of nitrogens with one attached hydrogen (secondary N) is 1. The van der Waals surface area contributed by atoms with Gasteiger partial charge in [0.05, 0.1) is 30.7 Å². The van der Waals surface area contributed by atoms with Crippen LogP contribution in [0, 0.1) is 0 Å². The van der Waals surface area contributed by atoms with Crippen LogP contribution in [0.4, 0.5) is 5.69 Å². The van der Waals surface area contributed by atoms with Gasteiger partial charge in [0, 0.05) is 46.5 Å². The maximum atomic E-state index is 13.4. The molecule has 38 heavy (non-hydrogen) atoms. The fourth-order valence-corrected chi connectivity index (χ4v) is 4.69. The van der Waals surface area contributed by atoms with Crippen LogP contribution in [-0.4, -0.2) is 42.4 Å². The van der Waals surface area contributed by atoms with Gasteiger partial charge in [-0.3, -0.25) is 18.8 Å². The zero-order valence-electron chi connectivity index (χ0n) is 20.7. The number of aromatic nitrogens is 6. The fraction of sp³-hybridized carbons (Fsp3) is 0.192. The Hall–Kier alpha value is -4.15. The van der Waals surface area contributed by atoms with E-state index in [4.69, 9.17) is 27.9 Å². The van der Waals surface area contributed by atoms with E-state index in [1.807, 2.05) is 32.3 Å². The standard InChI is InChI=1S/C26H23Cl2N7O3/c1-4-21(26(37)29-17-6-7-20-15(9-17)12-33(2)31-20)34-13-23(38-3)19(11-25(34)36)18-10-16(27)5-8-22(18)35-14-24(28)30-32-35/h5-14,21H,4H2,1-3H3,(H,29,37)/t21-/m0/s1. The van der Waals surface area contributed by atoms with Crippen LogP contribution in [0.2, 0.25) is 10.2 Å². The number of benzene rings is 2. The number of nitrogens with zero attached hydrogens (tertiary/aromatic N) is 6. The van der Waals surface area contributed by atoms with E-state index >= 15 is 0 Å². The van der Waals surface area contributed by atoms with Gasteiger partial charge in [-0.1, -0.05) is 35.3 Å². The van der Waals surface area contributed by atoms with Gasteiger partial charge in [0.2, 0.25) is 5.91 Å². The molecule has 194 valence electrons. The highest BCUT2D eigenvalue weighted by Crippen LogP contribution is 2.35. The minimum atomic E-state index is -0.775. The highest BCUT2D eigenvalue weighted by molar-refractivity contribution is 6.31. The molecule has 1 N–H and O–H groups in total. The van der Waals surface area contributed by atoms with E-state index in [0.717, 1.165) is 10.9 Å². The second-order valence-electron chi connectivity index (χ2n) is 8.64. The Labute approximate surface area is 227 Å². The molecular formula is C26H23Cl2N7O3. The van der Waals surface area contributed by atoms with E-state index in [2.05, 4.69) is 20.7 Å². The molecule has 1 amide bonds. The average Bonchev–Trinajstić information content (AvgIpc) is 3.49. The van der Waals surface area contributed by atoms with Crippen molar-refractivity contribution in [3.05, 3.63) is 81.6 Å². The number of pyridine rings is 1. The molecular weight excluding hydrogens is 529 g/mol. The zero-order valence-corrected chi connectivity index (χ0v) is 22.2. The van der Waals surface area contributed by atoms with Crippen molar-refractivity contribution < 1.29 is 9.53 Å². The van der Waals surface area contributed by atoms with E-state index in [-0.39, 0.29) is 16.6 Å². The monoisotopic (exact) mass is 551 g/mol. The second-order valence-corrected chi connectivity index (χ2v) is 9.46. The van der Waals surface area contributed by atoms with Gasteiger partial charge < -0.3 is 10.1 Å². The number of methoxy groups -OCH3 is 1. The first-order valence-electron chi connectivity index (χ1n) is 11.7. The van der Waals surface area contributed by atoms with Gasteiger partial charge in [0.15, 0.2) is 5.15 Å². The first-order chi connectivity index (χ1) is 18.3. The molecule has 0 radical (unpaired) electrons. The van der Waals surface area contributed by atoms with Crippen LogP contribution in [0.3, 0.4) is 0 Å². The minimum absolute atomic E-state index is 0.216. The summed E-state index contributed by atoms with van der Waals surface area (Å²) in [5.41, 5.74) is 2.72. The molecule has 0 aliphatic carbocycles. The molecule has 12 heteroatoms. The number of hydrogen-bond donors (Lipinski definition) is 1. The Bertz CT molecular complexity index is 1720. The number of amides is 1. The molecule has 5 aromatic rings. The maximum Gasteiger partial charge on any atom is 0.252 e. The van der Waals surface area contributed by atoms with E-state index in [1.165, 1.54) is 28.6 Å². The highest BCUT2D eigenvalue weighted by Gasteiger charge is 2.23. The molecule has 10 nitrogen and oxygen atoms in total. The number of aryl methyl sites for hydroxylation is 1. The van der Waals surface area contributed by atoms with Crippen molar-refractivity contribution in [3.63, 3.8) is 0 Å². The molecule has 2 aromatic carbocycles. The lowest BCUT2D eigenvalue weighted by atomic mass is 10.0.